The Morgan fingerprint density at radius 2 is 0.673 bits per heavy atom. The molecule has 652 valence electrons. The molecule has 51 heteroatoms. The Labute approximate surface area is 637 Å². The summed E-state index contributed by atoms with van der Waals surface area (Å²) in [4.78, 5) is 79.4. The molecule has 4 amide bonds. The first-order valence-electron chi connectivity index (χ1n) is 35.4. The molecule has 8 fully saturated rings. The van der Waals surface area contributed by atoms with Crippen LogP contribution in [0.3, 0.4) is 0 Å². The van der Waals surface area contributed by atoms with Gasteiger partial charge in [-0.05, 0) is 0 Å². The fraction of sp³-hybridized carbons (Fsp3) is 0.903. The van der Waals surface area contributed by atoms with E-state index in [0.29, 0.717) is 0 Å². The zero-order valence-electron chi connectivity index (χ0n) is 60.4. The molecule has 0 radical (unpaired) electrons. The predicted octanol–water partition coefficient (Wildman–Crippen LogP) is -19.5. The lowest BCUT2D eigenvalue weighted by Gasteiger charge is -2.53. The molecule has 0 bridgehead atoms. The monoisotopic (exact) mass is 1650 g/mol. The Hall–Kier alpha value is -4.74. The van der Waals surface area contributed by atoms with E-state index in [1.165, 1.54) is 0 Å². The standard InChI is InChI=1S/C62H102N4O47/c1-15(75)63-29-19(79)5-61(98,59(94)95)111-48(29)44(21(81)7-67)105-53-32(66-18(4)78)47(37(87)27(13-73)99-53)108-58-52(110-56-43(93)40(90)34(84)24(10-70)102-56)50(38(88)28(14-74)104-58)113-62(60(96)97)6-20(80)30(64-16(2)76)49(112-62)45(22(82)8-68)106-54-31(65-17(3)77)46(36(86)26(12-72)100-54)107-57-51(41(91)35(85)25(11-71)103-57)109-55-42(92)39(89)33(83)23(9-69)101-55/h19-58,67-74,79-93,98H,5-14H2,1-4H3,(H,63,75)(H,64,76)(H,65,77)(H,66,78)(H,94,95)(H,96,97)/t19-,20-,21+,22+,23+,24+,25+,26+,27+,28+,29+,30+,31+,32+,33-,34-,35+,36+,37+,38+,39-,40-,41-,42+,43+,44+,45+,46+,47+,48+,49+,50-,51+,52+,53-,54-,55+,56+,57-,58-,61-,62-/m0/s1. The number of aliphatic hydroxyl groups is 24. The second-order valence-corrected chi connectivity index (χ2v) is 28.2. The topological polar surface area (TPSA) is 815 Å². The number of carbonyl (C=O) groups is 6. The molecular formula is C62H102N4O47. The smallest absolute Gasteiger partial charge is 0.364 e. The fourth-order valence-electron chi connectivity index (χ4n) is 14.4. The molecule has 0 aromatic heterocycles. The van der Waals surface area contributed by atoms with Crippen LogP contribution in [-0.4, -0.2) is 478 Å². The lowest BCUT2D eigenvalue weighted by atomic mass is 9.87. The summed E-state index contributed by atoms with van der Waals surface area (Å²) >= 11 is 0. The van der Waals surface area contributed by atoms with Crippen molar-refractivity contribution >= 4 is 35.6 Å². The minimum atomic E-state index is -3.76. The van der Waals surface area contributed by atoms with Crippen LogP contribution in [0.25, 0.3) is 0 Å². The van der Waals surface area contributed by atoms with Gasteiger partial charge in [0.25, 0.3) is 11.6 Å². The molecule has 30 N–H and O–H groups in total. The molecule has 8 aliphatic heterocycles. The van der Waals surface area contributed by atoms with Crippen molar-refractivity contribution in [2.45, 2.75) is 297 Å². The lowest BCUT2D eigenvalue weighted by molar-refractivity contribution is -0.410. The predicted molar refractivity (Wildman–Crippen MR) is 345 cm³/mol. The maximum absolute atomic E-state index is 14.5. The van der Waals surface area contributed by atoms with Gasteiger partial charge in [0.15, 0.2) is 37.7 Å². The van der Waals surface area contributed by atoms with Gasteiger partial charge in [-0.2, -0.15) is 0 Å². The number of carboxylic acid groups (broad SMARTS) is 2. The summed E-state index contributed by atoms with van der Waals surface area (Å²) in [5, 5.41) is 298. The Morgan fingerprint density at radius 1 is 0.363 bits per heavy atom. The van der Waals surface area contributed by atoms with Crippen LogP contribution >= 0.6 is 0 Å². The SMILES string of the molecule is CC(=O)N[C@H]1[C@H](O[C@@H]([C@@H]2O[C@@](O[C@H]3[C@H](O)[C@@H](CO)O[C@@H](O[C@H]4[C@H](O)[C@@H](CO)O[C@@H](O[C@@H]([C@@H]5O[C@](O)(C(=O)O)C[C@H](O)[C@H]5NC(C)=O)[C@H](O)CO)[C@@H]4NC(C)=O)[C@@H]3O[C@H]3O[C@H](CO)[C@H](O)[C@H](O)[C@H]3O)(C(=O)O)C[C@H](O)[C@H]2NC(C)=O)[C@H](O)CO)O[C@H](CO)[C@@H](O)[C@@H]1O[C@@H]1O[C@H](CO)[C@@H](O)[C@H](O)[C@H]1O[C@H]1O[C@H](CO)[C@H](O)[C@H](O)[C@H]1O. The van der Waals surface area contributed by atoms with Crippen LogP contribution in [0.1, 0.15) is 40.5 Å². The first kappa shape index (κ1) is 93.8. The Kier molecular flexibility index (Phi) is 33.1. The van der Waals surface area contributed by atoms with Crippen LogP contribution in [0.15, 0.2) is 0 Å². The van der Waals surface area contributed by atoms with Gasteiger partial charge >= 0.3 is 11.9 Å². The Morgan fingerprint density at radius 3 is 1.04 bits per heavy atom. The second-order valence-electron chi connectivity index (χ2n) is 28.2. The average Bonchev–Trinajstić information content (AvgIpc) is 0.750. The summed E-state index contributed by atoms with van der Waals surface area (Å²) < 4.78 is 89.3. The van der Waals surface area contributed by atoms with Crippen LogP contribution in [0.2, 0.25) is 0 Å². The van der Waals surface area contributed by atoms with Gasteiger partial charge < -0.3 is 225 Å². The van der Waals surface area contributed by atoms with Gasteiger partial charge in [0.05, 0.1) is 77.1 Å². The fourth-order valence-corrected chi connectivity index (χ4v) is 14.4. The van der Waals surface area contributed by atoms with E-state index in [0.717, 1.165) is 27.7 Å². The van der Waals surface area contributed by atoms with E-state index in [9.17, 15) is 162 Å². The number of ether oxygens (including phenoxy) is 15. The van der Waals surface area contributed by atoms with Crippen LogP contribution in [0, 0.1) is 0 Å². The van der Waals surface area contributed by atoms with Gasteiger partial charge in [-0.15, -0.1) is 0 Å². The second kappa shape index (κ2) is 39.9. The largest absolute Gasteiger partial charge is 0.477 e. The lowest BCUT2D eigenvalue weighted by Crippen LogP contribution is -2.73. The minimum Gasteiger partial charge on any atom is -0.477 e. The highest BCUT2D eigenvalue weighted by Gasteiger charge is 2.65. The van der Waals surface area contributed by atoms with Crippen molar-refractivity contribution in [1.29, 1.82) is 0 Å². The quantitative estimate of drug-likeness (QED) is 0.0297. The third kappa shape index (κ3) is 20.6. The van der Waals surface area contributed by atoms with Gasteiger partial charge in [-0.25, -0.2) is 9.59 Å². The van der Waals surface area contributed by atoms with Crippen molar-refractivity contribution in [3.05, 3.63) is 0 Å². The van der Waals surface area contributed by atoms with E-state index in [-0.39, 0.29) is 0 Å². The van der Waals surface area contributed by atoms with Crippen molar-refractivity contribution in [2.75, 3.05) is 52.9 Å². The van der Waals surface area contributed by atoms with Gasteiger partial charge in [0.2, 0.25) is 23.6 Å². The first-order valence-corrected chi connectivity index (χ1v) is 35.4. The molecule has 0 aliphatic carbocycles. The normalized spacial score (nSPS) is 45.6. The molecule has 113 heavy (non-hydrogen) atoms. The van der Waals surface area contributed by atoms with Crippen molar-refractivity contribution < 1.29 is 233 Å². The Bertz CT molecular complexity index is 3110. The number of aliphatic hydroxyl groups excluding tert-OH is 23. The van der Waals surface area contributed by atoms with E-state index in [1.807, 2.05) is 0 Å². The zero-order valence-corrected chi connectivity index (χ0v) is 60.4. The van der Waals surface area contributed by atoms with Crippen LogP contribution < -0.4 is 21.3 Å². The molecule has 0 unspecified atom stereocenters. The molecule has 8 rings (SSSR count). The summed E-state index contributed by atoms with van der Waals surface area (Å²) in [5.41, 5.74) is 0. The zero-order chi connectivity index (χ0) is 84.1. The molecule has 8 saturated heterocycles. The molecule has 8 aliphatic rings. The number of hydrogen-bond acceptors (Lipinski definition) is 45. The van der Waals surface area contributed by atoms with Crippen molar-refractivity contribution in [3.8, 4) is 0 Å². The number of amides is 4. The maximum Gasteiger partial charge on any atom is 0.364 e. The van der Waals surface area contributed by atoms with Gasteiger partial charge in [0, 0.05) is 40.5 Å². The summed E-state index contributed by atoms with van der Waals surface area (Å²) in [6.45, 7) is -6.86. The molecule has 0 aromatic rings. The van der Waals surface area contributed by atoms with Crippen molar-refractivity contribution in [2.24, 2.45) is 0 Å². The summed E-state index contributed by atoms with van der Waals surface area (Å²) in [5.74, 6) is -16.0. The van der Waals surface area contributed by atoms with Gasteiger partial charge in [0.1, 0.15) is 183 Å². The first-order chi connectivity index (χ1) is 53.1. The van der Waals surface area contributed by atoms with E-state index >= 15 is 0 Å². The molecule has 0 spiro atoms. The highest BCUT2D eigenvalue weighted by atomic mass is 16.8. The summed E-state index contributed by atoms with van der Waals surface area (Å²) in [6.07, 6.45) is -85.9. The van der Waals surface area contributed by atoms with E-state index in [2.05, 4.69) is 21.3 Å². The highest BCUT2D eigenvalue weighted by Crippen LogP contribution is 2.44. The number of hydrogen-bond donors (Lipinski definition) is 30. The minimum absolute atomic E-state index is 0.824. The van der Waals surface area contributed by atoms with Gasteiger partial charge in [-0.3, -0.25) is 19.2 Å². The van der Waals surface area contributed by atoms with Crippen LogP contribution in [0.5, 0.6) is 0 Å². The third-order valence-electron chi connectivity index (χ3n) is 20.2. The number of carboxylic acids is 2. The third-order valence-corrected chi connectivity index (χ3v) is 20.2. The summed E-state index contributed by atoms with van der Waals surface area (Å²) in [6, 6.07) is -8.43. The van der Waals surface area contributed by atoms with E-state index in [4.69, 9.17) is 71.1 Å². The van der Waals surface area contributed by atoms with Gasteiger partial charge in [-0.1, -0.05) is 0 Å². The maximum atomic E-state index is 14.5. The average molecular weight is 1660 g/mol. The number of aliphatic carboxylic acids is 2. The molecule has 8 heterocycles. The number of rotatable bonds is 32. The molecule has 0 aromatic carbocycles. The van der Waals surface area contributed by atoms with Crippen LogP contribution in [0.4, 0.5) is 0 Å². The number of carbonyl (C=O) groups excluding carboxylic acids is 4. The number of nitrogens with one attached hydrogen (secondary N) is 4. The van der Waals surface area contributed by atoms with Crippen LogP contribution in [-0.2, 0) is 99.8 Å². The molecule has 51 nitrogen and oxygen atoms in total. The molecule has 0 saturated carbocycles. The van der Waals surface area contributed by atoms with Crippen molar-refractivity contribution in [3.63, 3.8) is 0 Å². The molecular weight excluding hydrogens is 1550 g/mol. The van der Waals surface area contributed by atoms with E-state index in [1.54, 1.807) is 0 Å². The Balaban J connectivity index is 1.22. The molecule has 42 atom stereocenters. The summed E-state index contributed by atoms with van der Waals surface area (Å²) in [7, 11) is 0. The highest BCUT2D eigenvalue weighted by molar-refractivity contribution is 5.77. The van der Waals surface area contributed by atoms with Crippen molar-refractivity contribution in [1.82, 2.24) is 21.3 Å². The van der Waals surface area contributed by atoms with E-state index < -0.39 is 358 Å².